The molecule has 1 aromatic carbocycles. The van der Waals surface area contributed by atoms with E-state index in [-0.39, 0.29) is 6.04 Å². The number of fused-ring (bicyclic) bond motifs is 1. The van der Waals surface area contributed by atoms with E-state index in [9.17, 15) is 0 Å². The largest absolute Gasteiger partial charge is 0.376 e. The zero-order valence-electron chi connectivity index (χ0n) is 12.0. The van der Waals surface area contributed by atoms with Crippen LogP contribution in [0, 0.1) is 13.8 Å². The number of nitrogens with one attached hydrogen (secondary N) is 1. The Kier molecular flexibility index (Phi) is 3.45. The van der Waals surface area contributed by atoms with Gasteiger partial charge in [0.05, 0.1) is 17.4 Å². The molecule has 2 heterocycles. The molecule has 0 saturated carbocycles. The van der Waals surface area contributed by atoms with Crippen LogP contribution in [0.3, 0.4) is 0 Å². The number of rotatable bonds is 3. The molecule has 3 rings (SSSR count). The van der Waals surface area contributed by atoms with Crippen LogP contribution in [-0.2, 0) is 0 Å². The lowest BCUT2D eigenvalue weighted by atomic mass is 10.1. The minimum absolute atomic E-state index is 0.287. The van der Waals surface area contributed by atoms with E-state index in [1.54, 1.807) is 0 Å². The number of aryl methyl sites for hydroxylation is 2. The SMILES string of the molecule is Cc1ncccc1NC(C)c1sc2ccccc2c1C. The lowest BCUT2D eigenvalue weighted by Crippen LogP contribution is -2.07. The van der Waals surface area contributed by atoms with Gasteiger partial charge < -0.3 is 5.32 Å². The normalized spacial score (nSPS) is 12.6. The second kappa shape index (κ2) is 5.25. The number of benzene rings is 1. The first-order valence-electron chi connectivity index (χ1n) is 6.83. The highest BCUT2D eigenvalue weighted by Crippen LogP contribution is 2.35. The third kappa shape index (κ3) is 2.29. The third-order valence-electron chi connectivity index (χ3n) is 3.65. The molecule has 1 N–H and O–H groups in total. The van der Waals surface area contributed by atoms with Gasteiger partial charge in [-0.3, -0.25) is 4.98 Å². The van der Waals surface area contributed by atoms with E-state index in [2.05, 4.69) is 54.5 Å². The van der Waals surface area contributed by atoms with Gasteiger partial charge in [-0.15, -0.1) is 11.3 Å². The Hall–Kier alpha value is -1.87. The Labute approximate surface area is 123 Å². The van der Waals surface area contributed by atoms with Crippen molar-refractivity contribution in [2.45, 2.75) is 26.8 Å². The van der Waals surface area contributed by atoms with E-state index >= 15 is 0 Å². The molecule has 1 unspecified atom stereocenters. The quantitative estimate of drug-likeness (QED) is 0.724. The van der Waals surface area contributed by atoms with Gasteiger partial charge in [-0.2, -0.15) is 0 Å². The molecule has 0 spiro atoms. The van der Waals surface area contributed by atoms with Crippen LogP contribution in [0.2, 0.25) is 0 Å². The molecular formula is C17H18N2S. The van der Waals surface area contributed by atoms with E-state index < -0.39 is 0 Å². The van der Waals surface area contributed by atoms with Crippen LogP contribution < -0.4 is 5.32 Å². The molecule has 0 aliphatic heterocycles. The number of nitrogens with zero attached hydrogens (tertiary/aromatic N) is 1. The lowest BCUT2D eigenvalue weighted by molar-refractivity contribution is 0.894. The molecule has 0 amide bonds. The number of aromatic nitrogens is 1. The highest BCUT2D eigenvalue weighted by atomic mass is 32.1. The number of hydrogen-bond acceptors (Lipinski definition) is 3. The monoisotopic (exact) mass is 282 g/mol. The van der Waals surface area contributed by atoms with Crippen molar-refractivity contribution in [1.82, 2.24) is 4.98 Å². The molecule has 2 aromatic heterocycles. The van der Waals surface area contributed by atoms with Crippen molar-refractivity contribution in [3.63, 3.8) is 0 Å². The first-order valence-corrected chi connectivity index (χ1v) is 7.64. The maximum absolute atomic E-state index is 4.33. The van der Waals surface area contributed by atoms with Crippen molar-refractivity contribution in [2.24, 2.45) is 0 Å². The van der Waals surface area contributed by atoms with E-state index in [0.717, 1.165) is 11.4 Å². The molecule has 102 valence electrons. The van der Waals surface area contributed by atoms with Crippen LogP contribution in [0.25, 0.3) is 10.1 Å². The Morgan fingerprint density at radius 1 is 1.10 bits per heavy atom. The van der Waals surface area contributed by atoms with Gasteiger partial charge in [0.15, 0.2) is 0 Å². The van der Waals surface area contributed by atoms with Crippen molar-refractivity contribution >= 4 is 27.1 Å². The standard InChI is InChI=1S/C17H18N2S/c1-11-14-7-4-5-9-16(14)20-17(11)13(3)19-15-8-6-10-18-12(15)2/h4-10,13,19H,1-3H3. The minimum atomic E-state index is 0.287. The summed E-state index contributed by atoms with van der Waals surface area (Å²) >= 11 is 1.87. The number of anilines is 1. The van der Waals surface area contributed by atoms with E-state index in [4.69, 9.17) is 0 Å². The highest BCUT2D eigenvalue weighted by molar-refractivity contribution is 7.19. The highest BCUT2D eigenvalue weighted by Gasteiger charge is 2.14. The summed E-state index contributed by atoms with van der Waals surface area (Å²) in [5.74, 6) is 0. The molecule has 0 aliphatic rings. The molecule has 3 heteroatoms. The molecule has 0 saturated heterocycles. The van der Waals surface area contributed by atoms with E-state index in [1.165, 1.54) is 20.5 Å². The molecule has 0 fully saturated rings. The maximum atomic E-state index is 4.33. The molecule has 3 aromatic rings. The predicted molar refractivity (Wildman–Crippen MR) is 87.6 cm³/mol. The van der Waals surface area contributed by atoms with Gasteiger partial charge in [0.2, 0.25) is 0 Å². The van der Waals surface area contributed by atoms with Gasteiger partial charge in [-0.1, -0.05) is 18.2 Å². The van der Waals surface area contributed by atoms with Gasteiger partial charge in [0, 0.05) is 15.8 Å². The first-order chi connectivity index (χ1) is 9.66. The summed E-state index contributed by atoms with van der Waals surface area (Å²) in [6.07, 6.45) is 1.83. The zero-order valence-corrected chi connectivity index (χ0v) is 12.8. The lowest BCUT2D eigenvalue weighted by Gasteiger charge is -2.16. The Balaban J connectivity index is 1.95. The maximum Gasteiger partial charge on any atom is 0.0603 e. The molecule has 1 atom stereocenters. The molecule has 0 radical (unpaired) electrons. The van der Waals surface area contributed by atoms with Gasteiger partial charge >= 0.3 is 0 Å². The van der Waals surface area contributed by atoms with Crippen molar-refractivity contribution < 1.29 is 0 Å². The Morgan fingerprint density at radius 2 is 1.90 bits per heavy atom. The van der Waals surface area contributed by atoms with Crippen molar-refractivity contribution in [1.29, 1.82) is 0 Å². The van der Waals surface area contributed by atoms with Crippen LogP contribution >= 0.6 is 11.3 Å². The second-order valence-electron chi connectivity index (χ2n) is 5.09. The van der Waals surface area contributed by atoms with E-state index in [0.29, 0.717) is 0 Å². The minimum Gasteiger partial charge on any atom is -0.376 e. The second-order valence-corrected chi connectivity index (χ2v) is 6.17. The fraction of sp³-hybridized carbons (Fsp3) is 0.235. The summed E-state index contributed by atoms with van der Waals surface area (Å²) in [7, 11) is 0. The summed E-state index contributed by atoms with van der Waals surface area (Å²) in [5.41, 5.74) is 3.53. The summed E-state index contributed by atoms with van der Waals surface area (Å²) in [4.78, 5) is 5.73. The number of hydrogen-bond donors (Lipinski definition) is 1. The topological polar surface area (TPSA) is 24.9 Å². The predicted octanol–water partition coefficient (Wildman–Crippen LogP) is 5.09. The summed E-state index contributed by atoms with van der Waals surface area (Å²) in [6, 6.07) is 12.9. The molecule has 20 heavy (non-hydrogen) atoms. The van der Waals surface area contributed by atoms with Crippen LogP contribution in [0.5, 0.6) is 0 Å². The van der Waals surface area contributed by atoms with Crippen molar-refractivity contribution in [2.75, 3.05) is 5.32 Å². The summed E-state index contributed by atoms with van der Waals surface area (Å²) < 4.78 is 1.36. The van der Waals surface area contributed by atoms with Crippen LogP contribution in [0.1, 0.15) is 29.1 Å². The van der Waals surface area contributed by atoms with Gasteiger partial charge in [0.1, 0.15) is 0 Å². The Morgan fingerprint density at radius 3 is 2.65 bits per heavy atom. The van der Waals surface area contributed by atoms with E-state index in [1.807, 2.05) is 30.5 Å². The van der Waals surface area contributed by atoms with Crippen LogP contribution in [0.15, 0.2) is 42.6 Å². The fourth-order valence-corrected chi connectivity index (χ4v) is 3.76. The number of thiophene rings is 1. The molecule has 0 aliphatic carbocycles. The van der Waals surface area contributed by atoms with Gasteiger partial charge in [0.25, 0.3) is 0 Å². The summed E-state index contributed by atoms with van der Waals surface area (Å²) in [5, 5.41) is 4.94. The Bertz CT molecular complexity index is 746. The van der Waals surface area contributed by atoms with Crippen molar-refractivity contribution in [3.8, 4) is 0 Å². The molecular weight excluding hydrogens is 264 g/mol. The van der Waals surface area contributed by atoms with Crippen LogP contribution in [-0.4, -0.2) is 4.98 Å². The molecule has 2 nitrogen and oxygen atoms in total. The summed E-state index contributed by atoms with van der Waals surface area (Å²) in [6.45, 7) is 6.46. The van der Waals surface area contributed by atoms with Gasteiger partial charge in [-0.05, 0) is 49.9 Å². The third-order valence-corrected chi connectivity index (χ3v) is 5.11. The fourth-order valence-electron chi connectivity index (χ4n) is 2.54. The first kappa shape index (κ1) is 13.1. The van der Waals surface area contributed by atoms with Crippen molar-refractivity contribution in [3.05, 3.63) is 58.7 Å². The number of pyridine rings is 1. The smallest absolute Gasteiger partial charge is 0.0603 e. The molecule has 0 bridgehead atoms. The average molecular weight is 282 g/mol. The van der Waals surface area contributed by atoms with Gasteiger partial charge in [-0.25, -0.2) is 0 Å². The average Bonchev–Trinajstić information content (AvgIpc) is 2.79. The zero-order chi connectivity index (χ0) is 14.1. The van der Waals surface area contributed by atoms with Crippen LogP contribution in [0.4, 0.5) is 5.69 Å².